The average molecular weight is 271 g/mol. The minimum Gasteiger partial charge on any atom is -0.481 e. The highest BCUT2D eigenvalue weighted by Crippen LogP contribution is 2.22. The smallest absolute Gasteiger partial charge is 0.303 e. The van der Waals surface area contributed by atoms with Gasteiger partial charge in [0.25, 0.3) is 0 Å². The van der Waals surface area contributed by atoms with Gasteiger partial charge in [0, 0.05) is 11.3 Å². The van der Waals surface area contributed by atoms with E-state index in [1.165, 1.54) is 11.3 Å². The van der Waals surface area contributed by atoms with Crippen LogP contribution in [0, 0.1) is 6.92 Å². The van der Waals surface area contributed by atoms with Crippen molar-refractivity contribution in [3.05, 3.63) is 10.6 Å². The van der Waals surface area contributed by atoms with Gasteiger partial charge in [-0.3, -0.25) is 9.59 Å². The Labute approximate surface area is 109 Å². The highest BCUT2D eigenvalue weighted by molar-refractivity contribution is 7.15. The number of amides is 1. The van der Waals surface area contributed by atoms with Crippen molar-refractivity contribution in [2.24, 2.45) is 5.73 Å². The lowest BCUT2D eigenvalue weighted by atomic mass is 10.1. The predicted octanol–water partition coefficient (Wildman–Crippen LogP) is 1.14. The molecule has 0 aliphatic rings. The van der Waals surface area contributed by atoms with Gasteiger partial charge in [-0.05, 0) is 19.8 Å². The third-order valence-electron chi connectivity index (χ3n) is 2.46. The molecular formula is C11H17N3O3S. The number of hydrogen-bond donors (Lipinski definition) is 3. The van der Waals surface area contributed by atoms with E-state index in [1.54, 1.807) is 0 Å². The van der Waals surface area contributed by atoms with E-state index in [9.17, 15) is 9.59 Å². The molecule has 0 bridgehead atoms. The number of carbonyl (C=O) groups excluding carboxylic acids is 1. The molecule has 4 N–H and O–H groups in total. The summed E-state index contributed by atoms with van der Waals surface area (Å²) in [5.41, 5.74) is 6.55. The van der Waals surface area contributed by atoms with E-state index >= 15 is 0 Å². The average Bonchev–Trinajstić information content (AvgIpc) is 2.66. The second kappa shape index (κ2) is 6.46. The molecule has 1 atom stereocenters. The number of carboxylic acids is 1. The number of anilines is 1. The molecule has 1 aromatic heterocycles. The molecule has 1 aromatic rings. The lowest BCUT2D eigenvalue weighted by Gasteiger charge is -2.08. The highest BCUT2D eigenvalue weighted by Gasteiger charge is 2.17. The van der Waals surface area contributed by atoms with Gasteiger partial charge in [-0.25, -0.2) is 4.98 Å². The Bertz CT molecular complexity index is 445. The van der Waals surface area contributed by atoms with Crippen LogP contribution in [0.15, 0.2) is 0 Å². The number of nitrogens with one attached hydrogen (secondary N) is 1. The second-order valence-corrected chi connectivity index (χ2v) is 5.11. The minimum atomic E-state index is -0.961. The van der Waals surface area contributed by atoms with Crippen LogP contribution in [0.4, 0.5) is 5.13 Å². The summed E-state index contributed by atoms with van der Waals surface area (Å²) in [6.07, 6.45) is 0.807. The highest BCUT2D eigenvalue weighted by atomic mass is 32.1. The van der Waals surface area contributed by atoms with Crippen molar-refractivity contribution < 1.29 is 14.7 Å². The summed E-state index contributed by atoms with van der Waals surface area (Å²) >= 11 is 1.39. The van der Waals surface area contributed by atoms with Gasteiger partial charge in [0.15, 0.2) is 5.13 Å². The van der Waals surface area contributed by atoms with Crippen LogP contribution < -0.4 is 11.1 Å². The third kappa shape index (κ3) is 4.08. The molecule has 7 heteroatoms. The van der Waals surface area contributed by atoms with Crippen molar-refractivity contribution in [1.29, 1.82) is 0 Å². The van der Waals surface area contributed by atoms with Crippen LogP contribution in [0.5, 0.6) is 0 Å². The van der Waals surface area contributed by atoms with Crippen molar-refractivity contribution >= 4 is 28.3 Å². The van der Waals surface area contributed by atoms with Crippen LogP contribution >= 0.6 is 11.3 Å². The fourth-order valence-corrected chi connectivity index (χ4v) is 2.32. The number of carbonyl (C=O) groups is 2. The maximum Gasteiger partial charge on any atom is 0.303 e. The molecule has 0 aromatic carbocycles. The Kier molecular flexibility index (Phi) is 5.24. The van der Waals surface area contributed by atoms with Gasteiger partial charge < -0.3 is 16.2 Å². The molecule has 1 unspecified atom stereocenters. The zero-order valence-electron chi connectivity index (χ0n) is 10.4. The van der Waals surface area contributed by atoms with Gasteiger partial charge in [-0.2, -0.15) is 0 Å². The number of carboxylic acid groups (broad SMARTS) is 1. The number of aliphatic carboxylic acids is 1. The molecule has 1 heterocycles. The fourth-order valence-electron chi connectivity index (χ4n) is 1.42. The molecule has 100 valence electrons. The van der Waals surface area contributed by atoms with Gasteiger partial charge in [-0.1, -0.05) is 6.92 Å². The first-order chi connectivity index (χ1) is 8.43. The van der Waals surface area contributed by atoms with Gasteiger partial charge in [0.1, 0.15) is 0 Å². The first-order valence-corrected chi connectivity index (χ1v) is 6.50. The van der Waals surface area contributed by atoms with E-state index in [2.05, 4.69) is 10.3 Å². The maximum atomic E-state index is 11.7. The molecular weight excluding hydrogens is 254 g/mol. The molecule has 0 aliphatic heterocycles. The van der Waals surface area contributed by atoms with Gasteiger partial charge >= 0.3 is 5.97 Å². The monoisotopic (exact) mass is 271 g/mol. The number of nitrogens with zero attached hydrogens (tertiary/aromatic N) is 1. The largest absolute Gasteiger partial charge is 0.481 e. The van der Waals surface area contributed by atoms with Crippen LogP contribution in [-0.2, 0) is 16.0 Å². The van der Waals surface area contributed by atoms with E-state index in [0.717, 1.165) is 17.0 Å². The van der Waals surface area contributed by atoms with Gasteiger partial charge in [0.05, 0.1) is 11.7 Å². The summed E-state index contributed by atoms with van der Waals surface area (Å²) in [7, 11) is 0. The van der Waals surface area contributed by atoms with Crippen LogP contribution in [0.1, 0.15) is 30.3 Å². The second-order valence-electron chi connectivity index (χ2n) is 3.90. The summed E-state index contributed by atoms with van der Waals surface area (Å²) in [5.74, 6) is -1.36. The molecule has 1 amide bonds. The first kappa shape index (κ1) is 14.6. The normalized spacial score (nSPS) is 12.2. The number of aromatic nitrogens is 1. The lowest BCUT2D eigenvalue weighted by Crippen LogP contribution is -2.36. The topological polar surface area (TPSA) is 105 Å². The van der Waals surface area contributed by atoms with Crippen LogP contribution in [0.25, 0.3) is 0 Å². The number of aryl methyl sites for hydroxylation is 2. The Morgan fingerprint density at radius 3 is 2.72 bits per heavy atom. The predicted molar refractivity (Wildman–Crippen MR) is 69.7 cm³/mol. The zero-order chi connectivity index (χ0) is 13.7. The minimum absolute atomic E-state index is 0.117. The molecule has 6 nitrogen and oxygen atoms in total. The maximum absolute atomic E-state index is 11.7. The van der Waals surface area contributed by atoms with E-state index in [-0.39, 0.29) is 12.8 Å². The number of nitrogens with two attached hydrogens (primary N) is 1. The lowest BCUT2D eigenvalue weighted by molar-refractivity contribution is -0.137. The van der Waals surface area contributed by atoms with E-state index in [4.69, 9.17) is 10.8 Å². The Balaban J connectivity index is 2.55. The molecule has 0 spiro atoms. The molecule has 0 saturated carbocycles. The molecule has 0 fully saturated rings. The molecule has 18 heavy (non-hydrogen) atoms. The summed E-state index contributed by atoms with van der Waals surface area (Å²) in [4.78, 5) is 27.4. The summed E-state index contributed by atoms with van der Waals surface area (Å²) in [6.45, 7) is 3.93. The molecule has 1 rings (SSSR count). The summed E-state index contributed by atoms with van der Waals surface area (Å²) < 4.78 is 0. The fraction of sp³-hybridized carbons (Fsp3) is 0.545. The Hall–Kier alpha value is -1.47. The molecule has 0 saturated heterocycles. The standard InChI is InChI=1S/C11H17N3O3S/c1-3-8-6(2)18-11(13-8)14-10(17)7(12)4-5-9(15)16/h7H,3-5,12H2,1-2H3,(H,15,16)(H,13,14,17). The van der Waals surface area contributed by atoms with Crippen LogP contribution in [0.3, 0.4) is 0 Å². The van der Waals surface area contributed by atoms with Crippen LogP contribution in [-0.4, -0.2) is 28.0 Å². The third-order valence-corrected chi connectivity index (χ3v) is 3.39. The first-order valence-electron chi connectivity index (χ1n) is 5.68. The van der Waals surface area contributed by atoms with E-state index in [0.29, 0.717) is 5.13 Å². The SMILES string of the molecule is CCc1nc(NC(=O)C(N)CCC(=O)O)sc1C. The Morgan fingerprint density at radius 1 is 1.56 bits per heavy atom. The summed E-state index contributed by atoms with van der Waals surface area (Å²) in [5, 5.41) is 11.6. The summed E-state index contributed by atoms with van der Waals surface area (Å²) in [6, 6.07) is -0.824. The van der Waals surface area contributed by atoms with Crippen molar-refractivity contribution in [2.45, 2.75) is 39.2 Å². The van der Waals surface area contributed by atoms with Gasteiger partial charge in [0.2, 0.25) is 5.91 Å². The number of hydrogen-bond acceptors (Lipinski definition) is 5. The van der Waals surface area contributed by atoms with Crippen LogP contribution in [0.2, 0.25) is 0 Å². The zero-order valence-corrected chi connectivity index (χ0v) is 11.2. The van der Waals surface area contributed by atoms with Crippen molar-refractivity contribution in [3.63, 3.8) is 0 Å². The van der Waals surface area contributed by atoms with Crippen molar-refractivity contribution in [3.8, 4) is 0 Å². The van der Waals surface area contributed by atoms with Gasteiger partial charge in [-0.15, -0.1) is 11.3 Å². The molecule has 0 aliphatic carbocycles. The van der Waals surface area contributed by atoms with Crippen molar-refractivity contribution in [1.82, 2.24) is 4.98 Å². The Morgan fingerprint density at radius 2 is 2.22 bits per heavy atom. The van der Waals surface area contributed by atoms with E-state index in [1.807, 2.05) is 13.8 Å². The van der Waals surface area contributed by atoms with Crippen molar-refractivity contribution in [2.75, 3.05) is 5.32 Å². The number of thiazole rings is 1. The van der Waals surface area contributed by atoms with E-state index < -0.39 is 17.9 Å². The molecule has 0 radical (unpaired) electrons. The number of rotatable bonds is 6. The quantitative estimate of drug-likeness (QED) is 0.719.